The zero-order chi connectivity index (χ0) is 44.6. The molecule has 3 N–H and O–H groups in total. The Morgan fingerprint density at radius 2 is 1.07 bits per heavy atom. The predicted octanol–water partition coefficient (Wildman–Crippen LogP) is 11.4. The van der Waals surface area contributed by atoms with Gasteiger partial charge in [-0.2, -0.15) is 0 Å². The van der Waals surface area contributed by atoms with E-state index < -0.39 is 44.7 Å². The lowest BCUT2D eigenvalue weighted by Crippen LogP contribution is -2.37. The number of phosphoric ester groups is 1. The molecule has 4 atom stereocenters. The van der Waals surface area contributed by atoms with Crippen molar-refractivity contribution < 1.29 is 52.3 Å². The van der Waals surface area contributed by atoms with Crippen LogP contribution in [-0.2, 0) is 32.7 Å². The molecule has 0 aliphatic carbocycles. The van der Waals surface area contributed by atoms with Gasteiger partial charge in [-0.15, -0.1) is 0 Å². The minimum atomic E-state index is -4.45. The Morgan fingerprint density at radius 3 is 1.67 bits per heavy atom. The predicted molar refractivity (Wildman–Crippen MR) is 245 cm³/mol. The number of aliphatic hydroxyl groups excluding tert-OH is 2. The van der Waals surface area contributed by atoms with Crippen molar-refractivity contribution in [2.45, 2.75) is 199 Å². The van der Waals surface area contributed by atoms with E-state index in [1.54, 1.807) is 0 Å². The molecule has 0 heterocycles. The fourth-order valence-corrected chi connectivity index (χ4v) is 6.91. The summed E-state index contributed by atoms with van der Waals surface area (Å²) in [5, 5.41) is 20.7. The van der Waals surface area contributed by atoms with E-state index >= 15 is 0 Å². The van der Waals surface area contributed by atoms with Crippen LogP contribution in [0.5, 0.6) is 0 Å². The van der Waals surface area contributed by atoms with Gasteiger partial charge in [0.25, 0.3) is 0 Å². The molecule has 0 aliphatic rings. The van der Waals surface area contributed by atoms with Gasteiger partial charge in [0.05, 0.1) is 40.0 Å². The molecule has 0 aliphatic heterocycles. The van der Waals surface area contributed by atoms with Crippen LogP contribution in [-0.4, -0.2) is 97.3 Å². The minimum Gasteiger partial charge on any atom is -0.462 e. The molecular formula is C48H89NO10P+. The fraction of sp³-hybridized carbons (Fsp3) is 0.792. The molecule has 0 radical (unpaired) electrons. The van der Waals surface area contributed by atoms with Crippen LogP contribution < -0.4 is 0 Å². The first-order chi connectivity index (χ1) is 28.8. The van der Waals surface area contributed by atoms with Gasteiger partial charge in [-0.25, -0.2) is 4.57 Å². The Bertz CT molecular complexity index is 1200. The maximum absolute atomic E-state index is 12.7. The second-order valence-corrected chi connectivity index (χ2v) is 18.5. The van der Waals surface area contributed by atoms with Crippen molar-refractivity contribution >= 4 is 19.8 Å². The van der Waals surface area contributed by atoms with Crippen LogP contribution in [0, 0.1) is 0 Å². The van der Waals surface area contributed by atoms with Gasteiger partial charge in [0.2, 0.25) is 0 Å². The largest absolute Gasteiger partial charge is 0.472 e. The van der Waals surface area contributed by atoms with Gasteiger partial charge in [-0.1, -0.05) is 140 Å². The highest BCUT2D eigenvalue weighted by atomic mass is 31.2. The van der Waals surface area contributed by atoms with Crippen molar-refractivity contribution in [1.82, 2.24) is 0 Å². The standard InChI is InChI=1S/C48H88NO10P/c1-6-8-10-12-14-16-18-20-21-22-23-24-26-28-30-32-34-38-48(53)59-44(43-58-60(54,55)57-41-40-49(3,4)5)42-56-47(52)39-35-37-46(51)45(50)36-33-31-29-27-25-19-17-15-13-11-9-7-2/h15,17,20-21,25,27,31,33,44-46,50-51H,6-14,16,18-19,22-24,26,28-30,32,34-43H2,1-5H3/p+1/b17-15-,21-20-,27-25-,33-31-/t44-,45?,46?/m1/s1. The number of phosphoric acid groups is 1. The summed E-state index contributed by atoms with van der Waals surface area (Å²) in [6, 6.07) is 0. The maximum atomic E-state index is 12.7. The lowest BCUT2D eigenvalue weighted by molar-refractivity contribution is -0.870. The smallest absolute Gasteiger partial charge is 0.462 e. The second kappa shape index (κ2) is 39.7. The fourth-order valence-electron chi connectivity index (χ4n) is 6.17. The summed E-state index contributed by atoms with van der Waals surface area (Å²) < 4.78 is 34.1. The van der Waals surface area contributed by atoms with Crippen LogP contribution in [0.4, 0.5) is 0 Å². The number of hydrogen-bond acceptors (Lipinski definition) is 9. The summed E-state index contributed by atoms with van der Waals surface area (Å²) in [7, 11) is 1.32. The molecule has 0 bridgehead atoms. The van der Waals surface area contributed by atoms with Crippen LogP contribution in [0.25, 0.3) is 0 Å². The summed E-state index contributed by atoms with van der Waals surface area (Å²) >= 11 is 0. The molecule has 0 saturated carbocycles. The molecule has 11 nitrogen and oxygen atoms in total. The topological polar surface area (TPSA) is 149 Å². The number of allylic oxidation sites excluding steroid dienone is 7. The molecule has 0 fully saturated rings. The molecule has 60 heavy (non-hydrogen) atoms. The molecule has 0 rings (SSSR count). The van der Waals surface area contributed by atoms with Gasteiger partial charge in [-0.05, 0) is 77.0 Å². The lowest BCUT2D eigenvalue weighted by Gasteiger charge is -2.24. The molecule has 350 valence electrons. The van der Waals surface area contributed by atoms with E-state index in [1.165, 1.54) is 83.5 Å². The number of hydrogen-bond donors (Lipinski definition) is 3. The molecular weight excluding hydrogens is 781 g/mol. The number of ether oxygens (including phenoxy) is 2. The summed E-state index contributed by atoms with van der Waals surface area (Å²) in [4.78, 5) is 35.5. The lowest BCUT2D eigenvalue weighted by atomic mass is 10.0. The van der Waals surface area contributed by atoms with Crippen molar-refractivity contribution in [2.24, 2.45) is 0 Å². The first-order valence-electron chi connectivity index (χ1n) is 23.5. The Hall–Kier alpha value is -2.11. The van der Waals surface area contributed by atoms with Gasteiger partial charge in [0, 0.05) is 12.8 Å². The van der Waals surface area contributed by atoms with Gasteiger partial charge < -0.3 is 29.1 Å². The summed E-state index contributed by atoms with van der Waals surface area (Å²) in [6.45, 7) is 4.05. The van der Waals surface area contributed by atoms with Gasteiger partial charge in [0.1, 0.15) is 19.8 Å². The number of aliphatic hydroxyl groups is 2. The van der Waals surface area contributed by atoms with Crippen LogP contribution in [0.2, 0.25) is 0 Å². The van der Waals surface area contributed by atoms with Crippen LogP contribution in [0.1, 0.15) is 181 Å². The van der Waals surface area contributed by atoms with E-state index in [1.807, 2.05) is 33.3 Å². The monoisotopic (exact) mass is 871 g/mol. The summed E-state index contributed by atoms with van der Waals surface area (Å²) in [5.74, 6) is -1.09. The molecule has 0 aromatic heterocycles. The number of nitrogens with zero attached hydrogens (tertiary/aromatic N) is 1. The van der Waals surface area contributed by atoms with Crippen molar-refractivity contribution in [3.8, 4) is 0 Å². The molecule has 0 aromatic rings. The number of carbonyl (C=O) groups excluding carboxylic acids is 2. The van der Waals surface area contributed by atoms with Gasteiger partial charge in [0.15, 0.2) is 6.10 Å². The van der Waals surface area contributed by atoms with E-state index in [-0.39, 0.29) is 38.9 Å². The third kappa shape index (κ3) is 41.3. The third-order valence-electron chi connectivity index (χ3n) is 10.0. The zero-order valence-electron chi connectivity index (χ0n) is 38.7. The van der Waals surface area contributed by atoms with Crippen LogP contribution in [0.3, 0.4) is 0 Å². The molecule has 0 saturated heterocycles. The number of esters is 2. The van der Waals surface area contributed by atoms with E-state index in [0.717, 1.165) is 44.9 Å². The number of carbonyl (C=O) groups is 2. The number of rotatable bonds is 42. The van der Waals surface area contributed by atoms with Crippen molar-refractivity contribution in [1.29, 1.82) is 0 Å². The van der Waals surface area contributed by atoms with E-state index in [2.05, 4.69) is 50.3 Å². The van der Waals surface area contributed by atoms with Gasteiger partial charge >= 0.3 is 19.8 Å². The molecule has 0 spiro atoms. The zero-order valence-corrected chi connectivity index (χ0v) is 39.6. The van der Waals surface area contributed by atoms with Gasteiger partial charge in [-0.3, -0.25) is 18.6 Å². The number of quaternary nitrogens is 1. The average molecular weight is 871 g/mol. The SMILES string of the molecule is CCCCC/C=C\C/C=C\C/C=C\CC(O)C(O)CCCC(=O)OC[C@H](COP(=O)(O)OCC[N+](C)(C)C)OC(=O)CCCCCCCCC/C=C\CCCCCCCC. The molecule has 12 heteroatoms. The molecule has 3 unspecified atom stereocenters. The Balaban J connectivity index is 4.56. The highest BCUT2D eigenvalue weighted by molar-refractivity contribution is 7.47. The third-order valence-corrected chi connectivity index (χ3v) is 11.0. The van der Waals surface area contributed by atoms with Crippen molar-refractivity contribution in [3.63, 3.8) is 0 Å². The van der Waals surface area contributed by atoms with E-state index in [4.69, 9.17) is 18.5 Å². The first-order valence-corrected chi connectivity index (χ1v) is 25.0. The van der Waals surface area contributed by atoms with E-state index in [0.29, 0.717) is 23.9 Å². The normalized spacial score (nSPS) is 15.0. The molecule has 0 aromatic carbocycles. The Morgan fingerprint density at radius 1 is 0.583 bits per heavy atom. The summed E-state index contributed by atoms with van der Waals surface area (Å²) in [6.07, 6.45) is 39.0. The number of likely N-dealkylation sites (N-methyl/N-ethyl adjacent to an activating group) is 1. The highest BCUT2D eigenvalue weighted by Crippen LogP contribution is 2.43. The van der Waals surface area contributed by atoms with E-state index in [9.17, 15) is 29.3 Å². The average Bonchev–Trinajstić information content (AvgIpc) is 3.19. The summed E-state index contributed by atoms with van der Waals surface area (Å²) in [5.41, 5.74) is 0. The minimum absolute atomic E-state index is 0.0153. The Kier molecular flexibility index (Phi) is 38.3. The first kappa shape index (κ1) is 57.9. The quantitative estimate of drug-likeness (QED) is 0.0178. The van der Waals surface area contributed by atoms with Crippen molar-refractivity contribution in [3.05, 3.63) is 48.6 Å². The second-order valence-electron chi connectivity index (χ2n) is 17.1. The molecule has 0 amide bonds. The number of unbranched alkanes of at least 4 members (excludes halogenated alkanes) is 16. The maximum Gasteiger partial charge on any atom is 0.472 e. The van der Waals surface area contributed by atoms with Crippen LogP contribution >= 0.6 is 7.82 Å². The van der Waals surface area contributed by atoms with Crippen LogP contribution in [0.15, 0.2) is 48.6 Å². The Labute approximate surface area is 366 Å². The highest BCUT2D eigenvalue weighted by Gasteiger charge is 2.27. The van der Waals surface area contributed by atoms with Crippen molar-refractivity contribution in [2.75, 3.05) is 47.5 Å².